The summed E-state index contributed by atoms with van der Waals surface area (Å²) in [5.41, 5.74) is 0. The van der Waals surface area contributed by atoms with Gasteiger partial charge in [0.2, 0.25) is 0 Å². The van der Waals surface area contributed by atoms with Gasteiger partial charge in [0.1, 0.15) is 61.2 Å². The Kier molecular flexibility index (Phi) is 12.3. The topological polar surface area (TPSA) is 278 Å². The van der Waals surface area contributed by atoms with Crippen molar-refractivity contribution in [3.63, 3.8) is 0 Å². The van der Waals surface area contributed by atoms with Gasteiger partial charge in [0.25, 0.3) is 0 Å². The summed E-state index contributed by atoms with van der Waals surface area (Å²) in [6.07, 6.45) is -17.1. The molecule has 2 unspecified atom stereocenters. The van der Waals surface area contributed by atoms with Crippen molar-refractivity contribution >= 4 is 7.82 Å². The standard InChI is InChI=1S/C17H34NO16P/c19-3-7(22)6-31-35(28,29)30-2-1-18-16-14(27)15(11(24)9(5-21)32-16)34-17-13(26)12(25)10(23)8(4-20)33-17/h7-27H,1-6H2,(H,28,29)/t7?,8-,9-,10-,11-,12+,13+,14+,15+,16-,17-/m1/s1. The molecule has 0 saturated carbocycles. The summed E-state index contributed by atoms with van der Waals surface area (Å²) in [5.74, 6) is 0. The van der Waals surface area contributed by atoms with Gasteiger partial charge in [-0.05, 0) is 0 Å². The molecule has 17 nitrogen and oxygen atoms in total. The number of hydrogen-bond acceptors (Lipinski definition) is 16. The van der Waals surface area contributed by atoms with Gasteiger partial charge in [-0.15, -0.1) is 0 Å². The Labute approximate surface area is 199 Å². The lowest BCUT2D eigenvalue weighted by atomic mass is 9.96. The molecule has 0 aromatic heterocycles. The quantitative estimate of drug-likeness (QED) is 0.0766. The second kappa shape index (κ2) is 13.9. The van der Waals surface area contributed by atoms with Crippen LogP contribution in [-0.4, -0.2) is 158 Å². The van der Waals surface area contributed by atoms with Crippen LogP contribution in [0.5, 0.6) is 0 Å². The van der Waals surface area contributed by atoms with Crippen molar-refractivity contribution in [1.82, 2.24) is 5.32 Å². The summed E-state index contributed by atoms with van der Waals surface area (Å²) < 4.78 is 36.9. The van der Waals surface area contributed by atoms with Crippen LogP contribution in [0.2, 0.25) is 0 Å². The zero-order chi connectivity index (χ0) is 26.3. The zero-order valence-corrected chi connectivity index (χ0v) is 19.4. The van der Waals surface area contributed by atoms with Crippen LogP contribution in [-0.2, 0) is 27.8 Å². The van der Waals surface area contributed by atoms with E-state index in [1.807, 2.05) is 0 Å². The second-order valence-corrected chi connectivity index (χ2v) is 9.40. The average molecular weight is 539 g/mol. The van der Waals surface area contributed by atoms with E-state index in [1.165, 1.54) is 0 Å². The highest BCUT2D eigenvalue weighted by atomic mass is 31.2. The van der Waals surface area contributed by atoms with Crippen LogP contribution in [0.1, 0.15) is 0 Å². The first kappa shape index (κ1) is 30.8. The van der Waals surface area contributed by atoms with Crippen molar-refractivity contribution in [2.45, 2.75) is 67.5 Å². The maximum atomic E-state index is 11.7. The van der Waals surface area contributed by atoms with Gasteiger partial charge >= 0.3 is 7.82 Å². The molecular weight excluding hydrogens is 505 g/mol. The van der Waals surface area contributed by atoms with E-state index in [9.17, 15) is 45.2 Å². The van der Waals surface area contributed by atoms with Gasteiger partial charge in [-0.3, -0.25) is 14.4 Å². The molecule has 2 aliphatic heterocycles. The van der Waals surface area contributed by atoms with E-state index in [4.69, 9.17) is 24.4 Å². The normalized spacial score (nSPS) is 40.9. The van der Waals surface area contributed by atoms with Crippen molar-refractivity contribution in [1.29, 1.82) is 0 Å². The van der Waals surface area contributed by atoms with Crippen LogP contribution >= 0.6 is 7.82 Å². The van der Waals surface area contributed by atoms with Gasteiger partial charge in [-0.25, -0.2) is 4.57 Å². The van der Waals surface area contributed by atoms with Gasteiger partial charge in [0, 0.05) is 6.54 Å². The number of aliphatic hydroxyl groups excluding tert-OH is 9. The number of phosphoric ester groups is 1. The van der Waals surface area contributed by atoms with Crippen LogP contribution in [0.4, 0.5) is 0 Å². The van der Waals surface area contributed by atoms with Crippen LogP contribution in [0.15, 0.2) is 0 Å². The molecular formula is C17H34NO16P. The Morgan fingerprint density at radius 1 is 0.857 bits per heavy atom. The highest BCUT2D eigenvalue weighted by molar-refractivity contribution is 7.47. The summed E-state index contributed by atoms with van der Waals surface area (Å²) in [6.45, 7) is -3.48. The first-order valence-corrected chi connectivity index (χ1v) is 12.2. The molecule has 2 aliphatic rings. The Morgan fingerprint density at radius 3 is 2.09 bits per heavy atom. The molecule has 35 heavy (non-hydrogen) atoms. The first-order chi connectivity index (χ1) is 16.4. The molecule has 0 amide bonds. The van der Waals surface area contributed by atoms with Crippen molar-refractivity contribution in [3.8, 4) is 0 Å². The largest absolute Gasteiger partial charge is 0.472 e. The molecule has 0 aromatic rings. The van der Waals surface area contributed by atoms with E-state index in [1.54, 1.807) is 0 Å². The zero-order valence-electron chi connectivity index (χ0n) is 18.5. The molecule has 2 saturated heterocycles. The molecule has 208 valence electrons. The molecule has 0 spiro atoms. The van der Waals surface area contributed by atoms with Gasteiger partial charge in [-0.1, -0.05) is 0 Å². The fourth-order valence-corrected chi connectivity index (χ4v) is 4.14. The van der Waals surface area contributed by atoms with Crippen LogP contribution < -0.4 is 5.32 Å². The SMILES string of the molecule is O=P(O)(OCCN[C@@H]1O[C@H](CO)[C@@H](O)[C@H](O[C@H]2O[C@H](CO)[C@@H](O)[C@H](O)[C@@H]2O)[C@@H]1O)OCC(O)CO. The maximum absolute atomic E-state index is 11.7. The Hall–Kier alpha value is -0.410. The lowest BCUT2D eigenvalue weighted by Gasteiger charge is -2.46. The lowest BCUT2D eigenvalue weighted by molar-refractivity contribution is -0.343. The van der Waals surface area contributed by atoms with Crippen LogP contribution in [0, 0.1) is 0 Å². The third kappa shape index (κ3) is 8.29. The van der Waals surface area contributed by atoms with Crippen LogP contribution in [0.25, 0.3) is 0 Å². The minimum atomic E-state index is -4.56. The molecule has 0 bridgehead atoms. The van der Waals surface area contributed by atoms with E-state index in [0.717, 1.165) is 0 Å². The van der Waals surface area contributed by atoms with Gasteiger partial charge in [-0.2, -0.15) is 0 Å². The second-order valence-electron chi connectivity index (χ2n) is 7.94. The van der Waals surface area contributed by atoms with Crippen molar-refractivity contribution < 1.29 is 78.7 Å². The van der Waals surface area contributed by atoms with E-state index in [0.29, 0.717) is 0 Å². The maximum Gasteiger partial charge on any atom is 0.472 e. The summed E-state index contributed by atoms with van der Waals surface area (Å²) >= 11 is 0. The number of ether oxygens (including phenoxy) is 3. The molecule has 18 heteroatoms. The van der Waals surface area contributed by atoms with Crippen LogP contribution in [0.3, 0.4) is 0 Å². The smallest absolute Gasteiger partial charge is 0.394 e. The average Bonchev–Trinajstić information content (AvgIpc) is 2.83. The summed E-state index contributed by atoms with van der Waals surface area (Å²) in [6, 6.07) is 0. The fourth-order valence-electron chi connectivity index (χ4n) is 3.38. The van der Waals surface area contributed by atoms with E-state index >= 15 is 0 Å². The number of hydrogen-bond donors (Lipinski definition) is 11. The summed E-state index contributed by atoms with van der Waals surface area (Å²) in [7, 11) is -4.56. The molecule has 0 aliphatic carbocycles. The fraction of sp³-hybridized carbons (Fsp3) is 1.00. The Bertz CT molecular complexity index is 674. The Morgan fingerprint density at radius 2 is 1.49 bits per heavy atom. The molecule has 0 aromatic carbocycles. The highest BCUT2D eigenvalue weighted by Crippen LogP contribution is 2.42. The van der Waals surface area contributed by atoms with Gasteiger partial charge in [0.05, 0.1) is 33.0 Å². The predicted octanol–water partition coefficient (Wildman–Crippen LogP) is -6.31. The number of aliphatic hydroxyl groups is 9. The predicted molar refractivity (Wildman–Crippen MR) is 109 cm³/mol. The van der Waals surface area contributed by atoms with Crippen molar-refractivity contribution in [2.75, 3.05) is 39.6 Å². The Balaban J connectivity index is 1.96. The third-order valence-electron chi connectivity index (χ3n) is 5.35. The van der Waals surface area contributed by atoms with E-state index in [2.05, 4.69) is 14.4 Å². The molecule has 2 rings (SSSR count). The number of phosphoric acid groups is 1. The van der Waals surface area contributed by atoms with Crippen molar-refractivity contribution in [3.05, 3.63) is 0 Å². The highest BCUT2D eigenvalue weighted by Gasteiger charge is 2.50. The van der Waals surface area contributed by atoms with Gasteiger partial charge < -0.3 is 65.1 Å². The molecule has 2 heterocycles. The minimum absolute atomic E-state index is 0.223. The lowest BCUT2D eigenvalue weighted by Crippen LogP contribution is -2.66. The number of nitrogens with one attached hydrogen (secondary N) is 1. The third-order valence-corrected chi connectivity index (χ3v) is 6.33. The minimum Gasteiger partial charge on any atom is -0.394 e. The summed E-state index contributed by atoms with van der Waals surface area (Å²) in [4.78, 5) is 9.52. The van der Waals surface area contributed by atoms with Gasteiger partial charge in [0.15, 0.2) is 6.29 Å². The molecule has 11 N–H and O–H groups in total. The van der Waals surface area contributed by atoms with E-state index in [-0.39, 0.29) is 6.54 Å². The van der Waals surface area contributed by atoms with E-state index < -0.39 is 108 Å². The number of rotatable bonds is 13. The molecule has 12 atom stereocenters. The molecule has 2 fully saturated rings. The first-order valence-electron chi connectivity index (χ1n) is 10.7. The molecule has 0 radical (unpaired) electrons. The summed E-state index contributed by atoms with van der Waals surface area (Å²) in [5, 5.41) is 90.2. The monoisotopic (exact) mass is 539 g/mol. The van der Waals surface area contributed by atoms with Crippen molar-refractivity contribution in [2.24, 2.45) is 0 Å².